The average molecular weight is 401 g/mol. The summed E-state index contributed by atoms with van der Waals surface area (Å²) in [5.41, 5.74) is 1.88. The summed E-state index contributed by atoms with van der Waals surface area (Å²) in [6, 6.07) is 9.01. The van der Waals surface area contributed by atoms with Gasteiger partial charge in [0.05, 0.1) is 18.9 Å². The van der Waals surface area contributed by atoms with Crippen LogP contribution in [0.1, 0.15) is 17.4 Å². The molecule has 1 amide bonds. The molecule has 4 rings (SSSR count). The third kappa shape index (κ3) is 4.14. The van der Waals surface area contributed by atoms with Crippen molar-refractivity contribution in [3.63, 3.8) is 0 Å². The highest BCUT2D eigenvalue weighted by Crippen LogP contribution is 2.21. The SMILES string of the molecule is CC(CN1CCOCC1)NC(=O)c1cc(-c2ccc(Cl)cc2)nc2ncnn12. The van der Waals surface area contributed by atoms with E-state index in [1.807, 2.05) is 19.1 Å². The Morgan fingerprint density at radius 3 is 2.79 bits per heavy atom. The molecule has 0 aliphatic carbocycles. The molecule has 1 unspecified atom stereocenters. The highest BCUT2D eigenvalue weighted by atomic mass is 35.5. The summed E-state index contributed by atoms with van der Waals surface area (Å²) in [5.74, 6) is 0.160. The largest absolute Gasteiger partial charge is 0.379 e. The number of fused-ring (bicyclic) bond motifs is 1. The third-order valence-electron chi connectivity index (χ3n) is 4.64. The lowest BCUT2D eigenvalue weighted by Gasteiger charge is -2.29. The fourth-order valence-electron chi connectivity index (χ4n) is 3.26. The van der Waals surface area contributed by atoms with Crippen molar-refractivity contribution in [2.75, 3.05) is 32.8 Å². The van der Waals surface area contributed by atoms with Crippen LogP contribution in [0.3, 0.4) is 0 Å². The maximum absolute atomic E-state index is 13.0. The van der Waals surface area contributed by atoms with E-state index >= 15 is 0 Å². The van der Waals surface area contributed by atoms with Crippen LogP contribution in [0.2, 0.25) is 5.02 Å². The van der Waals surface area contributed by atoms with E-state index in [4.69, 9.17) is 16.3 Å². The van der Waals surface area contributed by atoms with Crippen molar-refractivity contribution in [3.05, 3.63) is 47.4 Å². The number of ether oxygens (including phenoxy) is 1. The fourth-order valence-corrected chi connectivity index (χ4v) is 3.38. The summed E-state index contributed by atoms with van der Waals surface area (Å²) in [5, 5.41) is 7.84. The number of halogens is 1. The van der Waals surface area contributed by atoms with Gasteiger partial charge in [-0.15, -0.1) is 0 Å². The van der Waals surface area contributed by atoms with Crippen molar-refractivity contribution >= 4 is 23.3 Å². The fraction of sp³-hybridized carbons (Fsp3) is 0.368. The second-order valence-corrected chi connectivity index (χ2v) is 7.23. The molecule has 2 aromatic heterocycles. The number of benzene rings is 1. The number of carbonyl (C=O) groups excluding carboxylic acids is 1. The Hall–Kier alpha value is -2.55. The Bertz CT molecular complexity index is 968. The summed E-state index contributed by atoms with van der Waals surface area (Å²) < 4.78 is 6.83. The van der Waals surface area contributed by atoms with Gasteiger partial charge in [0.25, 0.3) is 11.7 Å². The van der Waals surface area contributed by atoms with E-state index in [0.717, 1.165) is 38.4 Å². The van der Waals surface area contributed by atoms with Crippen molar-refractivity contribution in [1.82, 2.24) is 29.8 Å². The van der Waals surface area contributed by atoms with Gasteiger partial charge >= 0.3 is 0 Å². The summed E-state index contributed by atoms with van der Waals surface area (Å²) in [6.45, 7) is 5.98. The van der Waals surface area contributed by atoms with Crippen molar-refractivity contribution in [3.8, 4) is 11.3 Å². The zero-order valence-electron chi connectivity index (χ0n) is 15.5. The van der Waals surface area contributed by atoms with E-state index in [0.29, 0.717) is 22.2 Å². The lowest BCUT2D eigenvalue weighted by molar-refractivity contribution is 0.0342. The Balaban J connectivity index is 1.57. The number of rotatable bonds is 5. The van der Waals surface area contributed by atoms with Gasteiger partial charge in [0.2, 0.25) is 0 Å². The lowest BCUT2D eigenvalue weighted by Crippen LogP contribution is -2.46. The molecule has 1 aromatic carbocycles. The van der Waals surface area contributed by atoms with Gasteiger partial charge in [-0.25, -0.2) is 4.98 Å². The maximum atomic E-state index is 13.0. The Labute approximate surface area is 167 Å². The topological polar surface area (TPSA) is 84.6 Å². The molecule has 0 bridgehead atoms. The monoisotopic (exact) mass is 400 g/mol. The zero-order valence-corrected chi connectivity index (χ0v) is 16.3. The average Bonchev–Trinajstić information content (AvgIpc) is 3.17. The zero-order chi connectivity index (χ0) is 19.5. The molecule has 3 heterocycles. The van der Waals surface area contributed by atoms with Crippen LogP contribution in [0.15, 0.2) is 36.7 Å². The molecule has 0 spiro atoms. The van der Waals surface area contributed by atoms with Crippen LogP contribution in [0.4, 0.5) is 0 Å². The first-order valence-electron chi connectivity index (χ1n) is 9.18. The molecule has 1 saturated heterocycles. The van der Waals surface area contributed by atoms with E-state index in [1.165, 1.54) is 10.8 Å². The predicted octanol–water partition coefficient (Wildman–Crippen LogP) is 1.90. The van der Waals surface area contributed by atoms with Crippen molar-refractivity contribution < 1.29 is 9.53 Å². The van der Waals surface area contributed by atoms with E-state index in [1.54, 1.807) is 18.2 Å². The molecule has 0 saturated carbocycles. The molecule has 1 fully saturated rings. The molecule has 8 nitrogen and oxygen atoms in total. The first-order chi connectivity index (χ1) is 13.6. The number of nitrogens with one attached hydrogen (secondary N) is 1. The van der Waals surface area contributed by atoms with Gasteiger partial charge in [0.15, 0.2) is 0 Å². The van der Waals surface area contributed by atoms with Gasteiger partial charge in [-0.2, -0.15) is 14.6 Å². The molecule has 1 N–H and O–H groups in total. The number of aromatic nitrogens is 4. The minimum absolute atomic E-state index is 0.0173. The first kappa shape index (κ1) is 18.8. The number of nitrogens with zero attached hydrogens (tertiary/aromatic N) is 5. The smallest absolute Gasteiger partial charge is 0.270 e. The van der Waals surface area contributed by atoms with Crippen LogP contribution >= 0.6 is 11.6 Å². The van der Waals surface area contributed by atoms with Crippen LogP contribution in [0.25, 0.3) is 17.0 Å². The van der Waals surface area contributed by atoms with Crippen molar-refractivity contribution in [2.24, 2.45) is 0 Å². The van der Waals surface area contributed by atoms with E-state index in [-0.39, 0.29) is 11.9 Å². The quantitative estimate of drug-likeness (QED) is 0.704. The van der Waals surface area contributed by atoms with Crippen LogP contribution in [0, 0.1) is 0 Å². The van der Waals surface area contributed by atoms with Crippen LogP contribution in [-0.4, -0.2) is 69.3 Å². The van der Waals surface area contributed by atoms with Gasteiger partial charge in [-0.05, 0) is 25.1 Å². The van der Waals surface area contributed by atoms with E-state index < -0.39 is 0 Å². The second-order valence-electron chi connectivity index (χ2n) is 6.79. The van der Waals surface area contributed by atoms with Crippen LogP contribution in [0.5, 0.6) is 0 Å². The lowest BCUT2D eigenvalue weighted by atomic mass is 10.1. The highest BCUT2D eigenvalue weighted by molar-refractivity contribution is 6.30. The first-order valence-corrected chi connectivity index (χ1v) is 9.55. The normalized spacial score (nSPS) is 16.2. The number of hydrogen-bond donors (Lipinski definition) is 1. The molecule has 1 aliphatic rings. The molecule has 146 valence electrons. The Morgan fingerprint density at radius 1 is 1.29 bits per heavy atom. The molecule has 28 heavy (non-hydrogen) atoms. The van der Waals surface area contributed by atoms with Crippen molar-refractivity contribution in [2.45, 2.75) is 13.0 Å². The number of hydrogen-bond acceptors (Lipinski definition) is 6. The second kappa shape index (κ2) is 8.22. The minimum atomic E-state index is -0.214. The molecule has 0 radical (unpaired) electrons. The van der Waals surface area contributed by atoms with Gasteiger partial charge in [-0.3, -0.25) is 9.69 Å². The summed E-state index contributed by atoms with van der Waals surface area (Å²) in [4.78, 5) is 23.9. The van der Waals surface area contributed by atoms with E-state index in [9.17, 15) is 4.79 Å². The standard InChI is InChI=1S/C19H21ClN6O2/c1-13(11-25-6-8-28-9-7-25)23-18(27)17-10-16(14-2-4-15(20)5-3-14)24-19-21-12-22-26(17)19/h2-5,10,12-13H,6-9,11H2,1H3,(H,23,27). The molecule has 3 aromatic rings. The summed E-state index contributed by atoms with van der Waals surface area (Å²) in [7, 11) is 0. The number of carbonyl (C=O) groups is 1. The number of morpholine rings is 1. The Morgan fingerprint density at radius 2 is 2.04 bits per heavy atom. The van der Waals surface area contributed by atoms with E-state index in [2.05, 4.69) is 25.3 Å². The van der Waals surface area contributed by atoms with Crippen molar-refractivity contribution in [1.29, 1.82) is 0 Å². The molecule has 1 atom stereocenters. The molecular formula is C19H21ClN6O2. The maximum Gasteiger partial charge on any atom is 0.270 e. The van der Waals surface area contributed by atoms with Crippen LogP contribution in [-0.2, 0) is 4.74 Å². The van der Waals surface area contributed by atoms with Gasteiger partial charge in [-0.1, -0.05) is 23.7 Å². The summed E-state index contributed by atoms with van der Waals surface area (Å²) >= 11 is 5.97. The molecule has 9 heteroatoms. The number of amides is 1. The van der Waals surface area contributed by atoms with Gasteiger partial charge in [0.1, 0.15) is 12.0 Å². The minimum Gasteiger partial charge on any atom is -0.379 e. The Kier molecular flexibility index (Phi) is 5.52. The van der Waals surface area contributed by atoms with Gasteiger partial charge in [0, 0.05) is 36.3 Å². The third-order valence-corrected chi connectivity index (χ3v) is 4.89. The van der Waals surface area contributed by atoms with Gasteiger partial charge < -0.3 is 10.1 Å². The van der Waals surface area contributed by atoms with Crippen LogP contribution < -0.4 is 5.32 Å². The predicted molar refractivity (Wildman–Crippen MR) is 105 cm³/mol. The molecular weight excluding hydrogens is 380 g/mol. The summed E-state index contributed by atoms with van der Waals surface area (Å²) in [6.07, 6.45) is 1.39. The molecule has 1 aliphatic heterocycles. The highest BCUT2D eigenvalue weighted by Gasteiger charge is 2.19.